The highest BCUT2D eigenvalue weighted by atomic mass is 32.2. The summed E-state index contributed by atoms with van der Waals surface area (Å²) in [6, 6.07) is 20.0. The molecule has 0 aliphatic rings. The van der Waals surface area contributed by atoms with E-state index in [4.69, 9.17) is 4.42 Å². The van der Waals surface area contributed by atoms with E-state index in [0.29, 0.717) is 17.0 Å². The van der Waals surface area contributed by atoms with E-state index in [1.165, 1.54) is 24.5 Å². The van der Waals surface area contributed by atoms with Gasteiger partial charge in [-0.3, -0.25) is 4.79 Å². The van der Waals surface area contributed by atoms with Gasteiger partial charge in [0.05, 0.1) is 29.0 Å². The summed E-state index contributed by atoms with van der Waals surface area (Å²) in [6.07, 6.45) is 1.47. The van der Waals surface area contributed by atoms with Crippen LogP contribution in [0, 0.1) is 0 Å². The molecule has 3 N–H and O–H groups in total. The minimum atomic E-state index is -3.71. The molecule has 4 aromatic rings. The quantitative estimate of drug-likeness (QED) is 0.285. The van der Waals surface area contributed by atoms with Crippen molar-refractivity contribution in [1.82, 2.24) is 10.1 Å². The topological polar surface area (TPSA) is 121 Å². The van der Waals surface area contributed by atoms with E-state index < -0.39 is 15.9 Å². The van der Waals surface area contributed by atoms with Crippen LogP contribution < -0.4 is 10.1 Å². The van der Waals surface area contributed by atoms with Gasteiger partial charge < -0.3 is 9.52 Å². The number of hydrazone groups is 1. The minimum absolute atomic E-state index is 0.0468. The summed E-state index contributed by atoms with van der Waals surface area (Å²) in [6.45, 7) is 1.73. The molecule has 0 fully saturated rings. The first-order chi connectivity index (χ1) is 15.8. The molecule has 0 unspecified atom stereocenters. The second kappa shape index (κ2) is 9.27. The predicted molar refractivity (Wildman–Crippen MR) is 124 cm³/mol. The number of hydrogen-bond acceptors (Lipinski definition) is 6. The zero-order valence-corrected chi connectivity index (χ0v) is 18.5. The van der Waals surface area contributed by atoms with Gasteiger partial charge in [-0.1, -0.05) is 36.4 Å². The summed E-state index contributed by atoms with van der Waals surface area (Å²) < 4.78 is 32.5. The first-order valence-electron chi connectivity index (χ1n) is 10.0. The van der Waals surface area contributed by atoms with E-state index in [0.717, 1.165) is 10.8 Å². The fraction of sp³-hybridized carbons (Fsp3) is 0.0833. The fourth-order valence-corrected chi connectivity index (χ4v) is 4.20. The number of amides is 1. The summed E-state index contributed by atoms with van der Waals surface area (Å²) in [7, 11) is -3.71. The molecule has 0 aliphatic heterocycles. The SMILES string of the molecule is C/C(=N\NC(=O)c1cc2ccccc2cc1O)c1ccc(S(=O)(=O)NCc2ccco2)cc1. The van der Waals surface area contributed by atoms with Gasteiger partial charge in [0, 0.05) is 0 Å². The molecule has 1 amide bonds. The Morgan fingerprint density at radius 1 is 1.00 bits per heavy atom. The molecule has 0 spiro atoms. The largest absolute Gasteiger partial charge is 0.507 e. The van der Waals surface area contributed by atoms with Crippen molar-refractivity contribution in [3.63, 3.8) is 0 Å². The van der Waals surface area contributed by atoms with Crippen LogP contribution in [0.2, 0.25) is 0 Å². The van der Waals surface area contributed by atoms with Crippen LogP contribution in [0.5, 0.6) is 5.75 Å². The molecule has 0 bridgehead atoms. The van der Waals surface area contributed by atoms with Gasteiger partial charge in [-0.2, -0.15) is 5.10 Å². The van der Waals surface area contributed by atoms with Crippen molar-refractivity contribution in [3.8, 4) is 5.75 Å². The Labute approximate surface area is 190 Å². The Hall–Kier alpha value is -3.95. The summed E-state index contributed by atoms with van der Waals surface area (Å²) in [4.78, 5) is 12.6. The molecule has 0 atom stereocenters. The van der Waals surface area contributed by atoms with Gasteiger partial charge in [-0.05, 0) is 59.7 Å². The van der Waals surface area contributed by atoms with Crippen molar-refractivity contribution in [2.75, 3.05) is 0 Å². The van der Waals surface area contributed by atoms with Crippen LogP contribution in [0.25, 0.3) is 10.8 Å². The van der Waals surface area contributed by atoms with Gasteiger partial charge in [-0.15, -0.1) is 0 Å². The van der Waals surface area contributed by atoms with Crippen LogP contribution in [0.4, 0.5) is 0 Å². The summed E-state index contributed by atoms with van der Waals surface area (Å²) in [5.74, 6) is -0.194. The lowest BCUT2D eigenvalue weighted by Gasteiger charge is -2.08. The maximum absolute atomic E-state index is 12.5. The zero-order valence-electron chi connectivity index (χ0n) is 17.6. The molecule has 3 aromatic carbocycles. The van der Waals surface area contributed by atoms with Crippen molar-refractivity contribution < 1.29 is 22.7 Å². The van der Waals surface area contributed by atoms with E-state index in [1.807, 2.05) is 24.3 Å². The Balaban J connectivity index is 1.44. The molecule has 0 saturated heterocycles. The highest BCUT2D eigenvalue weighted by Gasteiger charge is 2.15. The third-order valence-corrected chi connectivity index (χ3v) is 6.45. The molecule has 9 heteroatoms. The molecular weight excluding hydrogens is 442 g/mol. The highest BCUT2D eigenvalue weighted by molar-refractivity contribution is 7.89. The van der Waals surface area contributed by atoms with Crippen LogP contribution in [0.3, 0.4) is 0 Å². The van der Waals surface area contributed by atoms with Crippen molar-refractivity contribution in [1.29, 1.82) is 0 Å². The molecule has 0 aliphatic carbocycles. The van der Waals surface area contributed by atoms with Crippen LogP contribution in [-0.4, -0.2) is 25.1 Å². The second-order valence-corrected chi connectivity index (χ2v) is 9.05. The van der Waals surface area contributed by atoms with Gasteiger partial charge >= 0.3 is 0 Å². The van der Waals surface area contributed by atoms with E-state index in [1.54, 1.807) is 37.3 Å². The number of benzene rings is 3. The number of fused-ring (bicyclic) bond motifs is 1. The molecule has 33 heavy (non-hydrogen) atoms. The fourth-order valence-electron chi connectivity index (χ4n) is 3.21. The number of furan rings is 1. The average molecular weight is 464 g/mol. The van der Waals surface area contributed by atoms with Crippen molar-refractivity contribution in [2.24, 2.45) is 5.10 Å². The molecule has 168 valence electrons. The average Bonchev–Trinajstić information content (AvgIpc) is 3.34. The molecular formula is C24H21N3O5S. The zero-order chi connectivity index (χ0) is 23.4. The monoisotopic (exact) mass is 463 g/mol. The number of sulfonamides is 1. The van der Waals surface area contributed by atoms with Crippen molar-refractivity contribution in [3.05, 3.63) is 95.9 Å². The van der Waals surface area contributed by atoms with E-state index >= 15 is 0 Å². The predicted octanol–water partition coefficient (Wildman–Crippen LogP) is 3.77. The summed E-state index contributed by atoms with van der Waals surface area (Å²) in [5.41, 5.74) is 3.63. The first kappa shape index (κ1) is 22.3. The number of hydrogen-bond donors (Lipinski definition) is 3. The smallest absolute Gasteiger partial charge is 0.275 e. The lowest BCUT2D eigenvalue weighted by molar-refractivity contribution is 0.0952. The number of rotatable bonds is 7. The van der Waals surface area contributed by atoms with E-state index in [9.17, 15) is 18.3 Å². The minimum Gasteiger partial charge on any atom is -0.507 e. The van der Waals surface area contributed by atoms with Gasteiger partial charge in [0.1, 0.15) is 11.5 Å². The highest BCUT2D eigenvalue weighted by Crippen LogP contribution is 2.25. The molecule has 8 nitrogen and oxygen atoms in total. The Bertz CT molecular complexity index is 1430. The Morgan fingerprint density at radius 2 is 1.70 bits per heavy atom. The lowest BCUT2D eigenvalue weighted by Crippen LogP contribution is -2.23. The van der Waals surface area contributed by atoms with Crippen LogP contribution in [-0.2, 0) is 16.6 Å². The maximum atomic E-state index is 12.5. The molecule has 0 saturated carbocycles. The van der Waals surface area contributed by atoms with Gasteiger partial charge in [0.15, 0.2) is 0 Å². The number of nitrogens with zero attached hydrogens (tertiary/aromatic N) is 1. The third kappa shape index (κ3) is 5.11. The van der Waals surface area contributed by atoms with Crippen LogP contribution in [0.1, 0.15) is 28.6 Å². The number of nitrogens with one attached hydrogen (secondary N) is 2. The number of aromatic hydroxyl groups is 1. The normalized spacial score (nSPS) is 12.1. The number of carbonyl (C=O) groups excluding carboxylic acids is 1. The number of carbonyl (C=O) groups is 1. The van der Waals surface area contributed by atoms with E-state index in [-0.39, 0.29) is 22.8 Å². The first-order valence-corrected chi connectivity index (χ1v) is 11.5. The molecule has 1 aromatic heterocycles. The van der Waals surface area contributed by atoms with Crippen molar-refractivity contribution >= 4 is 32.4 Å². The van der Waals surface area contributed by atoms with Crippen LogP contribution >= 0.6 is 0 Å². The second-order valence-electron chi connectivity index (χ2n) is 7.28. The number of phenolic OH excluding ortho intramolecular Hbond substituents is 1. The third-order valence-electron chi connectivity index (χ3n) is 5.03. The summed E-state index contributed by atoms with van der Waals surface area (Å²) in [5, 5.41) is 15.9. The van der Waals surface area contributed by atoms with Gasteiger partial charge in [-0.25, -0.2) is 18.6 Å². The van der Waals surface area contributed by atoms with E-state index in [2.05, 4.69) is 15.2 Å². The Kier molecular flexibility index (Phi) is 6.25. The summed E-state index contributed by atoms with van der Waals surface area (Å²) >= 11 is 0. The standard InChI is InChI=1S/C24H21N3O5S/c1-16(26-27-24(29)22-13-18-5-2-3-6-19(18)14-23(22)28)17-8-10-21(11-9-17)33(30,31)25-15-20-7-4-12-32-20/h2-14,25,28H,15H2,1H3,(H,27,29)/b26-16+. The van der Waals surface area contributed by atoms with Crippen LogP contribution in [0.15, 0.2) is 93.5 Å². The molecule has 0 radical (unpaired) electrons. The Morgan fingerprint density at radius 3 is 2.36 bits per heavy atom. The maximum Gasteiger partial charge on any atom is 0.275 e. The van der Waals surface area contributed by atoms with Gasteiger partial charge in [0.2, 0.25) is 10.0 Å². The molecule has 4 rings (SSSR count). The lowest BCUT2D eigenvalue weighted by atomic mass is 10.1. The van der Waals surface area contributed by atoms with Gasteiger partial charge in [0.25, 0.3) is 5.91 Å². The molecule has 1 heterocycles. The van der Waals surface area contributed by atoms with Crippen molar-refractivity contribution in [2.45, 2.75) is 18.4 Å². The number of phenols is 1.